The van der Waals surface area contributed by atoms with Crippen molar-refractivity contribution in [2.45, 2.75) is 33.6 Å². The maximum Gasteiger partial charge on any atom is 0.396 e. The summed E-state index contributed by atoms with van der Waals surface area (Å²) in [7, 11) is 1.17. The van der Waals surface area contributed by atoms with Crippen molar-refractivity contribution >= 4 is 17.6 Å². The van der Waals surface area contributed by atoms with Crippen LogP contribution < -0.4 is 10.1 Å². The predicted octanol–water partition coefficient (Wildman–Crippen LogP) is 4.33. The van der Waals surface area contributed by atoms with Gasteiger partial charge in [0.25, 0.3) is 0 Å². The molecule has 0 spiro atoms. The van der Waals surface area contributed by atoms with E-state index in [1.807, 2.05) is 26.0 Å². The van der Waals surface area contributed by atoms with Gasteiger partial charge in [0.15, 0.2) is 0 Å². The molecule has 2 aromatic rings. The fourth-order valence-corrected chi connectivity index (χ4v) is 2.50. The third kappa shape index (κ3) is 4.59. The van der Waals surface area contributed by atoms with E-state index in [0.29, 0.717) is 11.6 Å². The molecule has 5 nitrogen and oxygen atoms in total. The zero-order valence-corrected chi connectivity index (χ0v) is 15.2. The number of carbonyl (C=O) groups excluding carboxylic acids is 2. The highest BCUT2D eigenvalue weighted by molar-refractivity contribution is 6.37. The van der Waals surface area contributed by atoms with E-state index < -0.39 is 11.9 Å². The van der Waals surface area contributed by atoms with Gasteiger partial charge in [-0.05, 0) is 60.7 Å². The second-order valence-electron chi connectivity index (χ2n) is 6.21. The van der Waals surface area contributed by atoms with E-state index in [1.54, 1.807) is 12.1 Å². The Balaban J connectivity index is 2.19. The Morgan fingerprint density at radius 1 is 1.00 bits per heavy atom. The van der Waals surface area contributed by atoms with Gasteiger partial charge in [-0.2, -0.15) is 0 Å². The molecule has 0 bridgehead atoms. The normalized spacial score (nSPS) is 10.5. The first-order valence-corrected chi connectivity index (χ1v) is 8.10. The van der Waals surface area contributed by atoms with Gasteiger partial charge in [0.05, 0.1) is 7.11 Å². The zero-order chi connectivity index (χ0) is 18.6. The molecule has 0 aliphatic heterocycles. The number of esters is 1. The van der Waals surface area contributed by atoms with E-state index in [0.717, 1.165) is 22.6 Å². The second kappa shape index (κ2) is 7.83. The van der Waals surface area contributed by atoms with Crippen LogP contribution in [0.1, 0.15) is 36.5 Å². The lowest BCUT2D eigenvalue weighted by Crippen LogP contribution is -2.23. The molecular formula is C20H23NO4. The highest BCUT2D eigenvalue weighted by Gasteiger charge is 2.15. The number of hydrogen-bond acceptors (Lipinski definition) is 4. The van der Waals surface area contributed by atoms with E-state index in [9.17, 15) is 9.59 Å². The summed E-state index contributed by atoms with van der Waals surface area (Å²) < 4.78 is 10.4. The van der Waals surface area contributed by atoms with Crippen LogP contribution in [-0.2, 0) is 14.3 Å². The van der Waals surface area contributed by atoms with Gasteiger partial charge >= 0.3 is 11.9 Å². The molecule has 1 amide bonds. The number of anilines is 1. The van der Waals surface area contributed by atoms with Gasteiger partial charge in [-0.25, -0.2) is 4.79 Å². The van der Waals surface area contributed by atoms with Gasteiger partial charge in [-0.3, -0.25) is 4.79 Å². The molecule has 2 aromatic carbocycles. The van der Waals surface area contributed by atoms with E-state index in [1.165, 1.54) is 12.7 Å². The van der Waals surface area contributed by atoms with E-state index in [2.05, 4.69) is 36.0 Å². The van der Waals surface area contributed by atoms with Crippen molar-refractivity contribution < 1.29 is 19.1 Å². The lowest BCUT2D eigenvalue weighted by molar-refractivity contribution is -0.150. The summed E-state index contributed by atoms with van der Waals surface area (Å²) in [5, 5.41) is 2.52. The average molecular weight is 341 g/mol. The van der Waals surface area contributed by atoms with E-state index >= 15 is 0 Å². The first-order chi connectivity index (χ1) is 11.8. The molecule has 0 atom stereocenters. The number of ether oxygens (including phenoxy) is 2. The maximum atomic E-state index is 11.6. The Labute approximate surface area is 148 Å². The number of methoxy groups -OCH3 is 1. The van der Waals surface area contributed by atoms with Crippen molar-refractivity contribution in [2.24, 2.45) is 0 Å². The van der Waals surface area contributed by atoms with Gasteiger partial charge in [0.2, 0.25) is 0 Å². The van der Waals surface area contributed by atoms with Gasteiger partial charge in [0, 0.05) is 5.69 Å². The number of amides is 1. The van der Waals surface area contributed by atoms with Crippen molar-refractivity contribution in [3.63, 3.8) is 0 Å². The number of rotatable bonds is 4. The molecule has 0 heterocycles. The smallest absolute Gasteiger partial charge is 0.396 e. The maximum absolute atomic E-state index is 11.6. The van der Waals surface area contributed by atoms with Crippen molar-refractivity contribution in [3.8, 4) is 11.5 Å². The second-order valence-corrected chi connectivity index (χ2v) is 6.21. The van der Waals surface area contributed by atoms with Gasteiger partial charge < -0.3 is 14.8 Å². The van der Waals surface area contributed by atoms with E-state index in [-0.39, 0.29) is 0 Å². The van der Waals surface area contributed by atoms with Crippen molar-refractivity contribution in [3.05, 3.63) is 53.1 Å². The summed E-state index contributed by atoms with van der Waals surface area (Å²) >= 11 is 0. The Hall–Kier alpha value is -2.82. The number of carbonyl (C=O) groups is 2. The molecule has 0 saturated carbocycles. The minimum Gasteiger partial charge on any atom is -0.462 e. The molecule has 0 unspecified atom stereocenters. The highest BCUT2D eigenvalue weighted by atomic mass is 16.5. The summed E-state index contributed by atoms with van der Waals surface area (Å²) in [5.74, 6) is 0.214. The first-order valence-electron chi connectivity index (χ1n) is 8.10. The molecule has 0 radical (unpaired) electrons. The van der Waals surface area contributed by atoms with Crippen LogP contribution in [-0.4, -0.2) is 19.0 Å². The fourth-order valence-electron chi connectivity index (χ4n) is 2.50. The number of benzene rings is 2. The standard InChI is InChI=1S/C20H23NO4/c1-12(2)15-6-8-17(9-7-15)25-18-13(3)10-16(11-14(18)4)21-19(22)20(23)24-5/h6-12H,1-5H3,(H,21,22). The van der Waals surface area contributed by atoms with Crippen LogP contribution in [0.2, 0.25) is 0 Å². The monoisotopic (exact) mass is 341 g/mol. The van der Waals surface area contributed by atoms with Crippen molar-refractivity contribution in [1.82, 2.24) is 0 Å². The third-order valence-electron chi connectivity index (χ3n) is 3.86. The third-order valence-corrected chi connectivity index (χ3v) is 3.86. The fraction of sp³-hybridized carbons (Fsp3) is 0.300. The molecule has 1 N–H and O–H groups in total. The van der Waals surface area contributed by atoms with Crippen LogP contribution in [0.3, 0.4) is 0 Å². The largest absolute Gasteiger partial charge is 0.462 e. The summed E-state index contributed by atoms with van der Waals surface area (Å²) in [6.45, 7) is 8.06. The van der Waals surface area contributed by atoms with Crippen LogP contribution in [0.5, 0.6) is 11.5 Å². The molecule has 0 fully saturated rings. The average Bonchev–Trinajstić information content (AvgIpc) is 2.57. The number of aryl methyl sites for hydroxylation is 2. The van der Waals surface area contributed by atoms with Gasteiger partial charge in [0.1, 0.15) is 11.5 Å². The molecule has 0 aliphatic carbocycles. The van der Waals surface area contributed by atoms with Crippen LogP contribution in [0.25, 0.3) is 0 Å². The molecule has 5 heteroatoms. The summed E-state index contributed by atoms with van der Waals surface area (Å²) in [6, 6.07) is 11.5. The molecule has 132 valence electrons. The molecule has 2 rings (SSSR count). The molecule has 0 aliphatic rings. The molecule has 0 aromatic heterocycles. The van der Waals surface area contributed by atoms with Gasteiger partial charge in [-0.1, -0.05) is 26.0 Å². The molecule has 25 heavy (non-hydrogen) atoms. The Kier molecular flexibility index (Phi) is 5.80. The van der Waals surface area contributed by atoms with E-state index in [4.69, 9.17) is 4.74 Å². The lowest BCUT2D eigenvalue weighted by atomic mass is 10.0. The minimum absolute atomic E-state index is 0.468. The summed E-state index contributed by atoms with van der Waals surface area (Å²) in [6.07, 6.45) is 0. The highest BCUT2D eigenvalue weighted by Crippen LogP contribution is 2.32. The summed E-state index contributed by atoms with van der Waals surface area (Å²) in [5.41, 5.74) is 3.48. The molecule has 0 saturated heterocycles. The van der Waals surface area contributed by atoms with Crippen LogP contribution in [0.4, 0.5) is 5.69 Å². The Morgan fingerprint density at radius 3 is 2.04 bits per heavy atom. The Bertz CT molecular complexity index is 756. The van der Waals surface area contributed by atoms with Crippen molar-refractivity contribution in [2.75, 3.05) is 12.4 Å². The predicted molar refractivity (Wildman–Crippen MR) is 97.2 cm³/mol. The van der Waals surface area contributed by atoms with Crippen molar-refractivity contribution in [1.29, 1.82) is 0 Å². The Morgan fingerprint density at radius 2 is 1.56 bits per heavy atom. The first kappa shape index (κ1) is 18.5. The van der Waals surface area contributed by atoms with Crippen LogP contribution >= 0.6 is 0 Å². The van der Waals surface area contributed by atoms with Gasteiger partial charge in [-0.15, -0.1) is 0 Å². The quantitative estimate of drug-likeness (QED) is 0.664. The topological polar surface area (TPSA) is 64.6 Å². The number of nitrogens with one attached hydrogen (secondary N) is 1. The zero-order valence-electron chi connectivity index (χ0n) is 15.2. The minimum atomic E-state index is -0.930. The lowest BCUT2D eigenvalue weighted by Gasteiger charge is -2.15. The molecular weight excluding hydrogens is 318 g/mol. The van der Waals surface area contributed by atoms with Crippen LogP contribution in [0.15, 0.2) is 36.4 Å². The SMILES string of the molecule is COC(=O)C(=O)Nc1cc(C)c(Oc2ccc(C(C)C)cc2)c(C)c1. The van der Waals surface area contributed by atoms with Crippen LogP contribution in [0, 0.1) is 13.8 Å². The number of hydrogen-bond donors (Lipinski definition) is 1. The summed E-state index contributed by atoms with van der Waals surface area (Å²) in [4.78, 5) is 22.8.